The van der Waals surface area contributed by atoms with Gasteiger partial charge in [-0.3, -0.25) is 0 Å². The highest BCUT2D eigenvalue weighted by molar-refractivity contribution is 5.81. The third-order valence-corrected chi connectivity index (χ3v) is 2.71. The number of fused-ring (bicyclic) bond motifs is 1. The van der Waals surface area contributed by atoms with E-state index in [0.29, 0.717) is 17.2 Å². The predicted molar refractivity (Wildman–Crippen MR) is 67.1 cm³/mol. The molecule has 0 saturated carbocycles. The van der Waals surface area contributed by atoms with Gasteiger partial charge in [0.15, 0.2) is 0 Å². The Labute approximate surface area is 107 Å². The maximum Gasteiger partial charge on any atom is 0.347 e. The second-order valence-corrected chi connectivity index (χ2v) is 3.99. The summed E-state index contributed by atoms with van der Waals surface area (Å²) in [7, 11) is 1.55. The summed E-state index contributed by atoms with van der Waals surface area (Å²) in [5.41, 5.74) is 0.212. The van der Waals surface area contributed by atoms with Gasteiger partial charge in [0, 0.05) is 18.4 Å². The van der Waals surface area contributed by atoms with Gasteiger partial charge in [0.1, 0.15) is 16.9 Å². The quantitative estimate of drug-likeness (QED) is 0.655. The normalized spacial score (nSPS) is 10.8. The van der Waals surface area contributed by atoms with Crippen LogP contribution in [0.1, 0.15) is 5.89 Å². The molecule has 0 atom stereocenters. The van der Waals surface area contributed by atoms with Crippen LogP contribution in [-0.2, 0) is 0 Å². The summed E-state index contributed by atoms with van der Waals surface area (Å²) < 4.78 is 15.2. The summed E-state index contributed by atoms with van der Waals surface area (Å²) in [5.74, 6) is 1.24. The van der Waals surface area contributed by atoms with E-state index in [-0.39, 0.29) is 11.4 Å². The topological polar surface area (TPSA) is 78.4 Å². The molecule has 0 bridgehead atoms. The van der Waals surface area contributed by atoms with Gasteiger partial charge in [-0.25, -0.2) is 4.79 Å². The average Bonchev–Trinajstić information content (AvgIpc) is 2.83. The summed E-state index contributed by atoms with van der Waals surface area (Å²) in [6.45, 7) is 1.66. The van der Waals surface area contributed by atoms with Gasteiger partial charge in [0.2, 0.25) is 11.7 Å². The number of benzene rings is 1. The van der Waals surface area contributed by atoms with E-state index in [4.69, 9.17) is 13.7 Å². The first-order valence-electron chi connectivity index (χ1n) is 5.60. The average molecular weight is 258 g/mol. The summed E-state index contributed by atoms with van der Waals surface area (Å²) in [5, 5.41) is 4.48. The third-order valence-electron chi connectivity index (χ3n) is 2.71. The molecule has 96 valence electrons. The van der Waals surface area contributed by atoms with Crippen LogP contribution in [0.15, 0.2) is 38.0 Å². The number of methoxy groups -OCH3 is 1. The van der Waals surface area contributed by atoms with E-state index in [1.54, 1.807) is 38.3 Å². The molecule has 0 unspecified atom stereocenters. The highest BCUT2D eigenvalue weighted by Gasteiger charge is 2.13. The van der Waals surface area contributed by atoms with Crippen LogP contribution < -0.4 is 10.4 Å². The standard InChI is InChI=1S/C13H10N2O4/c1-7-14-12(15-19-7)10-5-8-3-4-9(17-2)6-11(8)18-13(10)16/h3-6H,1-2H3. The number of aromatic nitrogens is 2. The van der Waals surface area contributed by atoms with E-state index in [1.807, 2.05) is 0 Å². The fourth-order valence-corrected chi connectivity index (χ4v) is 1.78. The number of ether oxygens (including phenoxy) is 1. The molecule has 2 heterocycles. The molecule has 0 fully saturated rings. The second-order valence-electron chi connectivity index (χ2n) is 3.99. The van der Waals surface area contributed by atoms with Gasteiger partial charge in [0.25, 0.3) is 0 Å². The molecule has 19 heavy (non-hydrogen) atoms. The fourth-order valence-electron chi connectivity index (χ4n) is 1.78. The first kappa shape index (κ1) is 11.5. The van der Waals surface area contributed by atoms with Gasteiger partial charge in [-0.2, -0.15) is 4.98 Å². The Balaban J connectivity index is 2.22. The Morgan fingerprint density at radius 2 is 2.11 bits per heavy atom. The fraction of sp³-hybridized carbons (Fsp3) is 0.154. The number of hydrogen-bond acceptors (Lipinski definition) is 6. The molecule has 2 aromatic heterocycles. The van der Waals surface area contributed by atoms with Gasteiger partial charge >= 0.3 is 5.63 Å². The zero-order chi connectivity index (χ0) is 13.4. The minimum Gasteiger partial charge on any atom is -0.497 e. The molecule has 6 nitrogen and oxygen atoms in total. The maximum atomic E-state index is 11.9. The molecular weight excluding hydrogens is 248 g/mol. The Kier molecular flexibility index (Phi) is 2.56. The molecule has 3 rings (SSSR count). The molecule has 0 spiro atoms. The van der Waals surface area contributed by atoms with Crippen molar-refractivity contribution in [3.05, 3.63) is 40.6 Å². The van der Waals surface area contributed by atoms with Crippen LogP contribution in [0.3, 0.4) is 0 Å². The zero-order valence-corrected chi connectivity index (χ0v) is 10.3. The van der Waals surface area contributed by atoms with Crippen LogP contribution in [0.5, 0.6) is 5.75 Å². The molecule has 0 saturated heterocycles. The first-order valence-corrected chi connectivity index (χ1v) is 5.60. The van der Waals surface area contributed by atoms with Crippen molar-refractivity contribution in [1.82, 2.24) is 10.1 Å². The molecule has 0 amide bonds. The summed E-state index contributed by atoms with van der Waals surface area (Å²) in [6, 6.07) is 6.91. The van der Waals surface area contributed by atoms with Gasteiger partial charge < -0.3 is 13.7 Å². The first-order chi connectivity index (χ1) is 9.17. The Bertz CT molecular complexity index is 804. The van der Waals surface area contributed by atoms with Crippen molar-refractivity contribution in [2.75, 3.05) is 7.11 Å². The molecule has 1 aromatic carbocycles. The zero-order valence-electron chi connectivity index (χ0n) is 10.3. The number of rotatable bonds is 2. The van der Waals surface area contributed by atoms with Gasteiger partial charge in [-0.05, 0) is 18.2 Å². The largest absolute Gasteiger partial charge is 0.497 e. The van der Waals surface area contributed by atoms with Crippen LogP contribution in [0.4, 0.5) is 0 Å². The maximum absolute atomic E-state index is 11.9. The molecule has 0 N–H and O–H groups in total. The van der Waals surface area contributed by atoms with Gasteiger partial charge in [-0.1, -0.05) is 5.16 Å². The van der Waals surface area contributed by atoms with Gasteiger partial charge in [0.05, 0.1) is 7.11 Å². The molecule has 6 heteroatoms. The lowest BCUT2D eigenvalue weighted by Crippen LogP contribution is -2.03. The second kappa shape index (κ2) is 4.24. The van der Waals surface area contributed by atoms with Crippen molar-refractivity contribution >= 4 is 11.0 Å². The van der Waals surface area contributed by atoms with Crippen LogP contribution >= 0.6 is 0 Å². The van der Waals surface area contributed by atoms with E-state index in [1.165, 1.54) is 0 Å². The van der Waals surface area contributed by atoms with Crippen molar-refractivity contribution in [3.8, 4) is 17.1 Å². The Hall–Kier alpha value is -2.63. The van der Waals surface area contributed by atoms with E-state index >= 15 is 0 Å². The van der Waals surface area contributed by atoms with E-state index in [2.05, 4.69) is 10.1 Å². The summed E-state index contributed by atoms with van der Waals surface area (Å²) in [6.07, 6.45) is 0. The van der Waals surface area contributed by atoms with E-state index in [9.17, 15) is 4.79 Å². The lowest BCUT2D eigenvalue weighted by Gasteiger charge is -2.02. The monoisotopic (exact) mass is 258 g/mol. The highest BCUT2D eigenvalue weighted by Crippen LogP contribution is 2.22. The lowest BCUT2D eigenvalue weighted by molar-refractivity contribution is 0.394. The predicted octanol–water partition coefficient (Wildman–Crippen LogP) is 2.16. The van der Waals surface area contributed by atoms with Crippen molar-refractivity contribution in [3.63, 3.8) is 0 Å². The van der Waals surface area contributed by atoms with Crippen molar-refractivity contribution in [1.29, 1.82) is 0 Å². The Morgan fingerprint density at radius 3 is 2.79 bits per heavy atom. The minimum absolute atomic E-state index is 0.226. The van der Waals surface area contributed by atoms with Crippen molar-refractivity contribution in [2.24, 2.45) is 0 Å². The summed E-state index contributed by atoms with van der Waals surface area (Å²) in [4.78, 5) is 15.9. The Morgan fingerprint density at radius 1 is 1.26 bits per heavy atom. The molecule has 0 radical (unpaired) electrons. The number of aryl methyl sites for hydroxylation is 1. The smallest absolute Gasteiger partial charge is 0.347 e. The highest BCUT2D eigenvalue weighted by atomic mass is 16.5. The molecule has 0 aliphatic carbocycles. The third kappa shape index (κ3) is 1.97. The van der Waals surface area contributed by atoms with Crippen LogP contribution in [0, 0.1) is 6.92 Å². The lowest BCUT2D eigenvalue weighted by atomic mass is 10.1. The van der Waals surface area contributed by atoms with Crippen LogP contribution in [-0.4, -0.2) is 17.3 Å². The molecule has 3 aromatic rings. The van der Waals surface area contributed by atoms with Crippen LogP contribution in [0.25, 0.3) is 22.4 Å². The molecular formula is C13H10N2O4. The summed E-state index contributed by atoms with van der Waals surface area (Å²) >= 11 is 0. The van der Waals surface area contributed by atoms with Crippen molar-refractivity contribution in [2.45, 2.75) is 6.92 Å². The molecule has 0 aliphatic rings. The number of hydrogen-bond donors (Lipinski definition) is 0. The van der Waals surface area contributed by atoms with Crippen molar-refractivity contribution < 1.29 is 13.7 Å². The van der Waals surface area contributed by atoms with Crippen LogP contribution in [0.2, 0.25) is 0 Å². The van der Waals surface area contributed by atoms with Gasteiger partial charge in [-0.15, -0.1) is 0 Å². The molecule has 0 aliphatic heterocycles. The SMILES string of the molecule is COc1ccc2cc(-c3noc(C)n3)c(=O)oc2c1. The van der Waals surface area contributed by atoms with E-state index < -0.39 is 5.63 Å². The minimum atomic E-state index is -0.512. The number of nitrogens with zero attached hydrogens (tertiary/aromatic N) is 2. The van der Waals surface area contributed by atoms with E-state index in [0.717, 1.165) is 5.39 Å².